The molecule has 188 valence electrons. The molecule has 3 aromatic rings. The number of carbonyl (C=O) groups is 2. The number of ether oxygens (including phenoxy) is 1. The van der Waals surface area contributed by atoms with Crippen LogP contribution in [0, 0.1) is 12.3 Å². The number of nitrogens with zero attached hydrogens (tertiary/aromatic N) is 3. The van der Waals surface area contributed by atoms with Crippen LogP contribution in [-0.4, -0.2) is 64.2 Å². The third-order valence-corrected chi connectivity index (χ3v) is 6.73. The van der Waals surface area contributed by atoms with Gasteiger partial charge in [0.2, 0.25) is 11.8 Å². The van der Waals surface area contributed by atoms with Crippen LogP contribution in [0.4, 0.5) is 5.69 Å². The van der Waals surface area contributed by atoms with Gasteiger partial charge >= 0.3 is 0 Å². The lowest BCUT2D eigenvalue weighted by atomic mass is 9.88. The Labute approximate surface area is 207 Å². The van der Waals surface area contributed by atoms with E-state index in [0.717, 1.165) is 46.5 Å². The number of benzene rings is 1. The van der Waals surface area contributed by atoms with Crippen molar-refractivity contribution >= 4 is 28.4 Å². The lowest BCUT2D eigenvalue weighted by Gasteiger charge is -2.34. The summed E-state index contributed by atoms with van der Waals surface area (Å²) in [4.78, 5) is 32.3. The van der Waals surface area contributed by atoms with Gasteiger partial charge in [0.05, 0.1) is 18.3 Å². The lowest BCUT2D eigenvalue weighted by molar-refractivity contribution is -0.149. The van der Waals surface area contributed by atoms with Crippen molar-refractivity contribution in [3.05, 3.63) is 35.5 Å². The third kappa shape index (κ3) is 5.42. The van der Waals surface area contributed by atoms with Gasteiger partial charge in [-0.3, -0.25) is 14.7 Å². The molecule has 4 rings (SSSR count). The predicted molar refractivity (Wildman–Crippen MR) is 138 cm³/mol. The molecule has 35 heavy (non-hydrogen) atoms. The summed E-state index contributed by atoms with van der Waals surface area (Å²) in [7, 11) is 0. The van der Waals surface area contributed by atoms with Crippen molar-refractivity contribution in [2.75, 3.05) is 31.2 Å². The van der Waals surface area contributed by atoms with E-state index in [1.807, 2.05) is 32.0 Å². The van der Waals surface area contributed by atoms with E-state index in [0.29, 0.717) is 13.2 Å². The zero-order valence-electron chi connectivity index (χ0n) is 21.7. The fraction of sp³-hybridized carbons (Fsp3) is 0.519. The average molecular weight is 480 g/mol. The number of anilines is 1. The number of H-pyrrole nitrogens is 2. The minimum absolute atomic E-state index is 0.0331. The van der Waals surface area contributed by atoms with Gasteiger partial charge in [0, 0.05) is 34.4 Å². The quantitative estimate of drug-likeness (QED) is 0.524. The van der Waals surface area contributed by atoms with Crippen LogP contribution in [0.5, 0.6) is 0 Å². The SMILES string of the molecule is CCN(C(=O)CN1C(=O)COC[C@H]1C)c1ccc2cc(-c3n[nH]c(C)c3CCC(C)(C)C)[nH]c2c1. The lowest BCUT2D eigenvalue weighted by Crippen LogP contribution is -2.52. The van der Waals surface area contributed by atoms with Crippen LogP contribution < -0.4 is 4.90 Å². The van der Waals surface area contributed by atoms with Gasteiger partial charge in [0.15, 0.2) is 0 Å². The summed E-state index contributed by atoms with van der Waals surface area (Å²) in [6.07, 6.45) is 2.03. The normalized spacial score (nSPS) is 16.8. The minimum Gasteiger partial charge on any atom is -0.370 e. The Hall–Kier alpha value is -3.13. The van der Waals surface area contributed by atoms with Gasteiger partial charge in [-0.15, -0.1) is 0 Å². The van der Waals surface area contributed by atoms with E-state index in [4.69, 9.17) is 4.74 Å². The first-order valence-corrected chi connectivity index (χ1v) is 12.4. The Kier molecular flexibility index (Phi) is 7.03. The summed E-state index contributed by atoms with van der Waals surface area (Å²) < 4.78 is 5.28. The predicted octanol–water partition coefficient (Wildman–Crippen LogP) is 4.45. The van der Waals surface area contributed by atoms with E-state index in [9.17, 15) is 9.59 Å². The molecule has 0 aliphatic carbocycles. The van der Waals surface area contributed by atoms with E-state index in [1.54, 1.807) is 9.80 Å². The summed E-state index contributed by atoms with van der Waals surface area (Å²) in [5.41, 5.74) is 6.25. The maximum absolute atomic E-state index is 13.2. The first-order chi connectivity index (χ1) is 16.6. The van der Waals surface area contributed by atoms with Crippen LogP contribution >= 0.6 is 0 Å². The molecule has 1 atom stereocenters. The molecule has 0 unspecified atom stereocenters. The summed E-state index contributed by atoms with van der Waals surface area (Å²) in [5, 5.41) is 8.81. The topological polar surface area (TPSA) is 94.3 Å². The van der Waals surface area contributed by atoms with Crippen LogP contribution in [0.15, 0.2) is 24.3 Å². The molecule has 2 amide bonds. The highest BCUT2D eigenvalue weighted by molar-refractivity contribution is 5.99. The van der Waals surface area contributed by atoms with E-state index in [-0.39, 0.29) is 36.4 Å². The summed E-state index contributed by atoms with van der Waals surface area (Å²) in [5.74, 6) is -0.248. The Morgan fingerprint density at radius 3 is 2.74 bits per heavy atom. The zero-order valence-corrected chi connectivity index (χ0v) is 21.7. The first-order valence-electron chi connectivity index (χ1n) is 12.4. The van der Waals surface area contributed by atoms with Gasteiger partial charge in [0.1, 0.15) is 18.8 Å². The molecule has 2 aromatic heterocycles. The van der Waals surface area contributed by atoms with Crippen molar-refractivity contribution in [1.82, 2.24) is 20.1 Å². The van der Waals surface area contributed by atoms with Gasteiger partial charge in [-0.25, -0.2) is 0 Å². The number of hydrogen-bond acceptors (Lipinski definition) is 4. The molecule has 0 bridgehead atoms. The average Bonchev–Trinajstić information content (AvgIpc) is 3.37. The Morgan fingerprint density at radius 2 is 2.06 bits per heavy atom. The Balaban J connectivity index is 1.58. The smallest absolute Gasteiger partial charge is 0.249 e. The van der Waals surface area contributed by atoms with Gasteiger partial charge in [-0.1, -0.05) is 26.8 Å². The number of aromatic amines is 2. The highest BCUT2D eigenvalue weighted by Crippen LogP contribution is 2.31. The van der Waals surface area contributed by atoms with Crippen molar-refractivity contribution in [3.63, 3.8) is 0 Å². The molecule has 1 saturated heterocycles. The molecule has 8 heteroatoms. The number of nitrogens with one attached hydrogen (secondary N) is 2. The summed E-state index contributed by atoms with van der Waals surface area (Å²) in [6.45, 7) is 13.7. The van der Waals surface area contributed by atoms with Crippen LogP contribution in [0.3, 0.4) is 0 Å². The van der Waals surface area contributed by atoms with Crippen molar-refractivity contribution < 1.29 is 14.3 Å². The summed E-state index contributed by atoms with van der Waals surface area (Å²) in [6, 6.07) is 7.98. The molecule has 2 N–H and O–H groups in total. The van der Waals surface area contributed by atoms with Crippen LogP contribution in [0.1, 0.15) is 52.3 Å². The van der Waals surface area contributed by atoms with E-state index >= 15 is 0 Å². The van der Waals surface area contributed by atoms with Crippen molar-refractivity contribution in [2.24, 2.45) is 5.41 Å². The van der Waals surface area contributed by atoms with Gasteiger partial charge in [-0.05, 0) is 57.2 Å². The van der Waals surface area contributed by atoms with Crippen LogP contribution in [0.25, 0.3) is 22.3 Å². The number of fused-ring (bicyclic) bond motifs is 1. The highest BCUT2D eigenvalue weighted by Gasteiger charge is 2.29. The molecule has 1 aromatic carbocycles. The molecule has 8 nitrogen and oxygen atoms in total. The minimum atomic E-state index is -0.144. The van der Waals surface area contributed by atoms with Crippen molar-refractivity contribution in [2.45, 2.75) is 60.4 Å². The molecule has 3 heterocycles. The molecule has 1 aliphatic rings. The maximum Gasteiger partial charge on any atom is 0.249 e. The highest BCUT2D eigenvalue weighted by atomic mass is 16.5. The molecule has 1 aliphatic heterocycles. The number of likely N-dealkylation sites (N-methyl/N-ethyl adjacent to an activating group) is 1. The second kappa shape index (κ2) is 9.85. The molecule has 0 spiro atoms. The molecule has 1 fully saturated rings. The fourth-order valence-electron chi connectivity index (χ4n) is 4.61. The molecule has 0 saturated carbocycles. The second-order valence-corrected chi connectivity index (χ2v) is 10.7. The number of aromatic nitrogens is 3. The van der Waals surface area contributed by atoms with Crippen molar-refractivity contribution in [1.29, 1.82) is 0 Å². The Morgan fingerprint density at radius 1 is 1.29 bits per heavy atom. The first kappa shape index (κ1) is 25.0. The fourth-order valence-corrected chi connectivity index (χ4v) is 4.61. The maximum atomic E-state index is 13.2. The molecular weight excluding hydrogens is 442 g/mol. The van der Waals surface area contributed by atoms with E-state index < -0.39 is 0 Å². The van der Waals surface area contributed by atoms with Crippen molar-refractivity contribution in [3.8, 4) is 11.4 Å². The monoisotopic (exact) mass is 479 g/mol. The van der Waals surface area contributed by atoms with Gasteiger partial charge in [-0.2, -0.15) is 5.10 Å². The van der Waals surface area contributed by atoms with Gasteiger partial charge < -0.3 is 19.5 Å². The second-order valence-electron chi connectivity index (χ2n) is 10.7. The Bertz CT molecular complexity index is 1220. The number of aryl methyl sites for hydroxylation is 1. The summed E-state index contributed by atoms with van der Waals surface area (Å²) >= 11 is 0. The molecular formula is C27H37N5O3. The standard InChI is InChI=1S/C27H37N5O3/c1-7-31(24(33)14-32-17(2)15-35-16-25(32)34)20-9-8-19-12-23(28-22(19)13-20)26-21(18(3)29-30-26)10-11-27(4,5)6/h8-9,12-13,17,28H,7,10-11,14-16H2,1-6H3,(H,29,30)/t17-/m1/s1. The van der Waals surface area contributed by atoms with Gasteiger partial charge in [0.25, 0.3) is 0 Å². The number of rotatable bonds is 7. The van der Waals surface area contributed by atoms with E-state index in [2.05, 4.69) is 48.9 Å². The van der Waals surface area contributed by atoms with Crippen LogP contribution in [0.2, 0.25) is 0 Å². The number of carbonyl (C=O) groups excluding carboxylic acids is 2. The van der Waals surface area contributed by atoms with Crippen LogP contribution in [-0.2, 0) is 20.7 Å². The number of hydrogen-bond donors (Lipinski definition) is 2. The number of morpholine rings is 1. The largest absolute Gasteiger partial charge is 0.370 e. The number of amides is 2. The zero-order chi connectivity index (χ0) is 25.3. The molecule has 0 radical (unpaired) electrons. The third-order valence-electron chi connectivity index (χ3n) is 6.73. The van der Waals surface area contributed by atoms with E-state index in [1.165, 1.54) is 5.56 Å².